The SMILES string of the molecule is CO[C@H](C)c1nc(CN2C(=O)c3cccc4cccc2c34)cs1. The molecule has 3 aromatic rings. The molecular weight excluding hydrogens is 308 g/mol. The highest BCUT2D eigenvalue weighted by Gasteiger charge is 2.30. The minimum absolute atomic E-state index is 0.0244. The minimum Gasteiger partial charge on any atom is -0.375 e. The van der Waals surface area contributed by atoms with Crippen molar-refractivity contribution in [1.29, 1.82) is 0 Å². The smallest absolute Gasteiger partial charge is 0.259 e. The summed E-state index contributed by atoms with van der Waals surface area (Å²) in [4.78, 5) is 19.2. The number of nitrogens with zero attached hydrogens (tertiary/aromatic N) is 2. The van der Waals surface area contributed by atoms with Crippen LogP contribution in [0.15, 0.2) is 41.8 Å². The van der Waals surface area contributed by atoms with Gasteiger partial charge in [0.1, 0.15) is 11.1 Å². The number of hydrogen-bond acceptors (Lipinski definition) is 4. The first-order valence-electron chi connectivity index (χ1n) is 7.49. The Kier molecular flexibility index (Phi) is 3.39. The van der Waals surface area contributed by atoms with Crippen LogP contribution in [0, 0.1) is 0 Å². The first-order chi connectivity index (χ1) is 11.2. The van der Waals surface area contributed by atoms with Crippen molar-refractivity contribution in [2.45, 2.75) is 19.6 Å². The maximum atomic E-state index is 12.8. The van der Waals surface area contributed by atoms with E-state index >= 15 is 0 Å². The molecule has 2 heterocycles. The second-order valence-corrected chi connectivity index (χ2v) is 6.52. The third kappa shape index (κ3) is 2.24. The van der Waals surface area contributed by atoms with E-state index in [1.807, 2.05) is 53.6 Å². The Balaban J connectivity index is 1.70. The van der Waals surface area contributed by atoms with Gasteiger partial charge in [0.25, 0.3) is 5.91 Å². The van der Waals surface area contributed by atoms with E-state index in [2.05, 4.69) is 4.98 Å². The van der Waals surface area contributed by atoms with Crippen molar-refractivity contribution >= 4 is 33.7 Å². The lowest BCUT2D eigenvalue weighted by molar-refractivity contribution is 0.0991. The molecule has 0 bridgehead atoms. The Hall–Kier alpha value is -2.24. The summed E-state index contributed by atoms with van der Waals surface area (Å²) in [5, 5.41) is 5.08. The molecule has 0 saturated carbocycles. The molecule has 1 aromatic heterocycles. The number of carbonyl (C=O) groups excluding carboxylic acids is 1. The molecule has 2 aromatic carbocycles. The quantitative estimate of drug-likeness (QED) is 0.723. The number of anilines is 1. The molecule has 4 rings (SSSR count). The molecule has 0 fully saturated rings. The topological polar surface area (TPSA) is 42.4 Å². The molecular formula is C18H16N2O2S. The van der Waals surface area contributed by atoms with E-state index in [1.54, 1.807) is 18.4 Å². The van der Waals surface area contributed by atoms with E-state index in [0.717, 1.165) is 32.7 Å². The number of benzene rings is 2. The van der Waals surface area contributed by atoms with E-state index in [0.29, 0.717) is 6.54 Å². The Labute approximate surface area is 138 Å². The van der Waals surface area contributed by atoms with E-state index in [-0.39, 0.29) is 12.0 Å². The lowest BCUT2D eigenvalue weighted by atomic mass is 10.1. The van der Waals surface area contributed by atoms with Gasteiger partial charge in [-0.2, -0.15) is 0 Å². The summed E-state index contributed by atoms with van der Waals surface area (Å²) in [6.45, 7) is 2.46. The van der Waals surface area contributed by atoms with Crippen LogP contribution < -0.4 is 4.90 Å². The van der Waals surface area contributed by atoms with Gasteiger partial charge in [-0.15, -0.1) is 11.3 Å². The van der Waals surface area contributed by atoms with Gasteiger partial charge in [0, 0.05) is 23.4 Å². The Morgan fingerprint density at radius 1 is 1.26 bits per heavy atom. The molecule has 1 aliphatic heterocycles. The number of methoxy groups -OCH3 is 1. The van der Waals surface area contributed by atoms with Crippen molar-refractivity contribution in [2.75, 3.05) is 12.0 Å². The summed E-state index contributed by atoms with van der Waals surface area (Å²) in [6, 6.07) is 11.9. The highest BCUT2D eigenvalue weighted by atomic mass is 32.1. The van der Waals surface area contributed by atoms with Crippen LogP contribution in [-0.2, 0) is 11.3 Å². The average molecular weight is 324 g/mol. The summed E-state index contributed by atoms with van der Waals surface area (Å²) in [5.41, 5.74) is 2.64. The van der Waals surface area contributed by atoms with Crippen molar-refractivity contribution in [3.8, 4) is 0 Å². The number of amides is 1. The van der Waals surface area contributed by atoms with Gasteiger partial charge in [-0.05, 0) is 24.4 Å². The number of carbonyl (C=O) groups is 1. The zero-order valence-electron chi connectivity index (χ0n) is 12.9. The third-order valence-corrected chi connectivity index (χ3v) is 5.29. The van der Waals surface area contributed by atoms with Crippen LogP contribution in [0.2, 0.25) is 0 Å². The lowest BCUT2D eigenvalue weighted by Crippen LogP contribution is -2.26. The van der Waals surface area contributed by atoms with Gasteiger partial charge in [0.15, 0.2) is 0 Å². The summed E-state index contributed by atoms with van der Waals surface area (Å²) in [5.74, 6) is 0.0474. The van der Waals surface area contributed by atoms with E-state index in [1.165, 1.54) is 0 Å². The molecule has 1 aliphatic rings. The fraction of sp³-hybridized carbons (Fsp3) is 0.222. The van der Waals surface area contributed by atoms with Crippen LogP contribution in [-0.4, -0.2) is 18.0 Å². The predicted molar refractivity (Wildman–Crippen MR) is 92.0 cm³/mol. The van der Waals surface area contributed by atoms with E-state index in [4.69, 9.17) is 4.74 Å². The molecule has 23 heavy (non-hydrogen) atoms. The van der Waals surface area contributed by atoms with Crippen LogP contribution >= 0.6 is 11.3 Å². The van der Waals surface area contributed by atoms with Gasteiger partial charge in [-0.3, -0.25) is 4.79 Å². The van der Waals surface area contributed by atoms with Crippen molar-refractivity contribution < 1.29 is 9.53 Å². The zero-order valence-corrected chi connectivity index (χ0v) is 13.8. The monoisotopic (exact) mass is 324 g/mol. The Morgan fingerprint density at radius 2 is 2.04 bits per heavy atom. The molecule has 0 aliphatic carbocycles. The predicted octanol–water partition coefficient (Wildman–Crippen LogP) is 4.16. The second-order valence-electron chi connectivity index (χ2n) is 5.63. The molecule has 4 nitrogen and oxygen atoms in total. The van der Waals surface area contributed by atoms with Crippen LogP contribution in [0.25, 0.3) is 10.8 Å². The number of rotatable bonds is 4. The summed E-state index contributed by atoms with van der Waals surface area (Å²) >= 11 is 1.57. The fourth-order valence-electron chi connectivity index (χ4n) is 2.98. The van der Waals surface area contributed by atoms with Crippen molar-refractivity contribution in [3.63, 3.8) is 0 Å². The van der Waals surface area contributed by atoms with Gasteiger partial charge in [0.2, 0.25) is 0 Å². The molecule has 1 amide bonds. The fourth-order valence-corrected chi connectivity index (χ4v) is 3.82. The number of aromatic nitrogens is 1. The summed E-state index contributed by atoms with van der Waals surface area (Å²) in [7, 11) is 1.67. The molecule has 5 heteroatoms. The zero-order chi connectivity index (χ0) is 16.0. The highest BCUT2D eigenvalue weighted by Crippen LogP contribution is 2.38. The van der Waals surface area contributed by atoms with Crippen LogP contribution in [0.1, 0.15) is 34.1 Å². The third-order valence-electron chi connectivity index (χ3n) is 4.24. The second kappa shape index (κ2) is 5.44. The number of hydrogen-bond donors (Lipinski definition) is 0. The van der Waals surface area contributed by atoms with Gasteiger partial charge in [-0.25, -0.2) is 4.98 Å². The standard InChI is InChI=1S/C18H16N2O2S/c1-11(22-2)17-19-13(10-23-17)9-20-15-8-4-6-12-5-3-7-14(16(12)15)18(20)21/h3-8,10-11H,9H2,1-2H3/t11-/m1/s1. The lowest BCUT2D eigenvalue weighted by Gasteiger charge is -2.16. The first kappa shape index (κ1) is 14.4. The first-order valence-corrected chi connectivity index (χ1v) is 8.37. The van der Waals surface area contributed by atoms with E-state index in [9.17, 15) is 4.79 Å². The average Bonchev–Trinajstić information content (AvgIpc) is 3.15. The maximum Gasteiger partial charge on any atom is 0.259 e. The van der Waals surface area contributed by atoms with Crippen molar-refractivity contribution in [3.05, 3.63) is 58.0 Å². The summed E-state index contributed by atoms with van der Waals surface area (Å²) < 4.78 is 5.31. The number of ether oxygens (including phenoxy) is 1. The Morgan fingerprint density at radius 3 is 2.83 bits per heavy atom. The van der Waals surface area contributed by atoms with Crippen LogP contribution in [0.4, 0.5) is 5.69 Å². The van der Waals surface area contributed by atoms with Crippen LogP contribution in [0.5, 0.6) is 0 Å². The summed E-state index contributed by atoms with van der Waals surface area (Å²) in [6.07, 6.45) is -0.0244. The van der Waals surface area contributed by atoms with Gasteiger partial charge < -0.3 is 9.64 Å². The van der Waals surface area contributed by atoms with Crippen molar-refractivity contribution in [1.82, 2.24) is 4.98 Å². The molecule has 0 radical (unpaired) electrons. The molecule has 0 N–H and O–H groups in total. The molecule has 0 spiro atoms. The largest absolute Gasteiger partial charge is 0.375 e. The normalized spacial score (nSPS) is 14.7. The van der Waals surface area contributed by atoms with E-state index < -0.39 is 0 Å². The van der Waals surface area contributed by atoms with Crippen molar-refractivity contribution in [2.24, 2.45) is 0 Å². The number of thiazole rings is 1. The maximum absolute atomic E-state index is 12.8. The van der Waals surface area contributed by atoms with Gasteiger partial charge in [-0.1, -0.05) is 24.3 Å². The van der Waals surface area contributed by atoms with Gasteiger partial charge in [0.05, 0.1) is 17.9 Å². The Bertz CT molecular complexity index is 898. The molecule has 116 valence electrons. The van der Waals surface area contributed by atoms with Gasteiger partial charge >= 0.3 is 0 Å². The van der Waals surface area contributed by atoms with Crippen LogP contribution in [0.3, 0.4) is 0 Å². The molecule has 1 atom stereocenters. The minimum atomic E-state index is -0.0244. The highest BCUT2D eigenvalue weighted by molar-refractivity contribution is 7.09. The molecule has 0 saturated heterocycles. The molecule has 0 unspecified atom stereocenters.